The zero-order chi connectivity index (χ0) is 18.4. The lowest BCUT2D eigenvalue weighted by atomic mass is 9.89. The number of methoxy groups -OCH3 is 1. The second-order valence-electron chi connectivity index (χ2n) is 7.19. The fourth-order valence-electron chi connectivity index (χ4n) is 3.56. The zero-order valence-corrected chi connectivity index (χ0v) is 15.6. The summed E-state index contributed by atoms with van der Waals surface area (Å²) in [5.41, 5.74) is 2.22. The van der Waals surface area contributed by atoms with Crippen LogP contribution in [0.4, 0.5) is 0 Å². The molecule has 0 radical (unpaired) electrons. The fourth-order valence-corrected chi connectivity index (χ4v) is 4.10. The van der Waals surface area contributed by atoms with Gasteiger partial charge in [0.1, 0.15) is 18.0 Å². The Morgan fingerprint density at radius 2 is 1.92 bits per heavy atom. The first kappa shape index (κ1) is 17.5. The van der Waals surface area contributed by atoms with E-state index < -0.39 is 5.66 Å². The Morgan fingerprint density at radius 1 is 1.28 bits per heavy atom. The summed E-state index contributed by atoms with van der Waals surface area (Å²) in [5, 5.41) is 5.18. The van der Waals surface area contributed by atoms with E-state index in [1.54, 1.807) is 31.4 Å². The highest BCUT2D eigenvalue weighted by Crippen LogP contribution is 2.37. The van der Waals surface area contributed by atoms with E-state index in [-0.39, 0.29) is 23.9 Å². The Kier molecular flexibility index (Phi) is 4.10. The normalized spacial score (nSPS) is 24.6. The molecule has 3 rings (SSSR count). The number of carbonyl (C=O) groups is 2. The largest absolute Gasteiger partial charge is 0.497 e. The summed E-state index contributed by atoms with van der Waals surface area (Å²) in [7, 11) is 1.56. The Labute approximate surface area is 152 Å². The molecule has 2 heterocycles. The van der Waals surface area contributed by atoms with Crippen LogP contribution in [0.1, 0.15) is 37.6 Å². The molecule has 0 aliphatic carbocycles. The van der Waals surface area contributed by atoms with Crippen molar-refractivity contribution in [2.45, 2.75) is 38.4 Å². The highest BCUT2D eigenvalue weighted by molar-refractivity contribution is 7.80. The number of hydrogen-bond donors (Lipinski definition) is 2. The van der Waals surface area contributed by atoms with E-state index in [4.69, 9.17) is 17.0 Å². The van der Waals surface area contributed by atoms with Gasteiger partial charge in [-0.15, -0.1) is 0 Å². The molecule has 0 spiro atoms. The van der Waals surface area contributed by atoms with Gasteiger partial charge in [0.05, 0.1) is 7.11 Å². The number of amides is 2. The number of hydrogen-bond acceptors (Lipinski definition) is 4. The minimum absolute atomic E-state index is 0.140. The third-order valence-electron chi connectivity index (χ3n) is 4.64. The minimum atomic E-state index is -0.703. The predicted molar refractivity (Wildman–Crippen MR) is 96.8 cm³/mol. The third kappa shape index (κ3) is 3.02. The first-order valence-electron chi connectivity index (χ1n) is 8.04. The van der Waals surface area contributed by atoms with Gasteiger partial charge in [-0.25, -0.2) is 5.01 Å². The number of fused-ring (bicyclic) bond motifs is 1. The van der Waals surface area contributed by atoms with E-state index in [0.717, 1.165) is 0 Å². The molecule has 0 saturated carbocycles. The van der Waals surface area contributed by atoms with Crippen molar-refractivity contribution in [2.75, 3.05) is 13.7 Å². The molecule has 2 saturated heterocycles. The molecule has 8 heteroatoms. The number of nitrogens with one attached hydrogen (secondary N) is 2. The summed E-state index contributed by atoms with van der Waals surface area (Å²) in [4.78, 5) is 26.9. The standard InChI is InChI=1S/C17H22N4O3S/c1-16(2)10-17(3)20(15(25)18-16)9-13(22)21(17)19-14(23)11-5-7-12(24-4)8-6-11/h5-8H,9-10H2,1-4H3,(H,18,25)(H,19,23). The number of nitrogens with zero attached hydrogens (tertiary/aromatic N) is 2. The summed E-state index contributed by atoms with van der Waals surface area (Å²) in [6.07, 6.45) is 0.620. The van der Waals surface area contributed by atoms with Gasteiger partial charge in [0.15, 0.2) is 5.11 Å². The van der Waals surface area contributed by atoms with Crippen molar-refractivity contribution in [2.24, 2.45) is 0 Å². The van der Waals surface area contributed by atoms with Gasteiger partial charge in [-0.05, 0) is 57.3 Å². The van der Waals surface area contributed by atoms with Crippen LogP contribution in [0.3, 0.4) is 0 Å². The van der Waals surface area contributed by atoms with Crippen molar-refractivity contribution in [3.8, 4) is 5.75 Å². The van der Waals surface area contributed by atoms with E-state index >= 15 is 0 Å². The van der Waals surface area contributed by atoms with Gasteiger partial charge in [-0.2, -0.15) is 0 Å². The first-order chi connectivity index (χ1) is 11.7. The van der Waals surface area contributed by atoms with Gasteiger partial charge in [0.2, 0.25) is 0 Å². The molecule has 2 amide bonds. The summed E-state index contributed by atoms with van der Waals surface area (Å²) in [6, 6.07) is 6.73. The lowest BCUT2D eigenvalue weighted by molar-refractivity contribution is -0.134. The maximum Gasteiger partial charge on any atom is 0.269 e. The third-order valence-corrected chi connectivity index (χ3v) is 4.96. The van der Waals surface area contributed by atoms with Gasteiger partial charge in [0.25, 0.3) is 11.8 Å². The van der Waals surface area contributed by atoms with Crippen molar-refractivity contribution in [3.63, 3.8) is 0 Å². The quantitative estimate of drug-likeness (QED) is 0.789. The fraction of sp³-hybridized carbons (Fsp3) is 0.471. The van der Waals surface area contributed by atoms with Crippen LogP contribution >= 0.6 is 12.2 Å². The van der Waals surface area contributed by atoms with Gasteiger partial charge in [0, 0.05) is 17.5 Å². The molecular weight excluding hydrogens is 340 g/mol. The van der Waals surface area contributed by atoms with E-state index in [1.807, 2.05) is 25.7 Å². The van der Waals surface area contributed by atoms with Gasteiger partial charge in [-0.3, -0.25) is 15.0 Å². The molecule has 134 valence electrons. The molecule has 1 aromatic carbocycles. The van der Waals surface area contributed by atoms with Crippen LogP contribution < -0.4 is 15.5 Å². The van der Waals surface area contributed by atoms with Crippen LogP contribution in [-0.2, 0) is 4.79 Å². The second kappa shape index (κ2) is 5.87. The number of carbonyl (C=O) groups excluding carboxylic acids is 2. The van der Waals surface area contributed by atoms with Gasteiger partial charge < -0.3 is 15.0 Å². The molecule has 25 heavy (non-hydrogen) atoms. The van der Waals surface area contributed by atoms with Crippen LogP contribution in [0.15, 0.2) is 24.3 Å². The molecule has 1 unspecified atom stereocenters. The average molecular weight is 362 g/mol. The maximum atomic E-state index is 12.6. The van der Waals surface area contributed by atoms with Crippen LogP contribution in [0.2, 0.25) is 0 Å². The Balaban J connectivity index is 1.84. The molecular formula is C17H22N4O3S. The molecule has 0 bridgehead atoms. The SMILES string of the molecule is COc1ccc(C(=O)NN2C(=O)CN3C(=S)NC(C)(C)CC32C)cc1. The second-order valence-corrected chi connectivity index (χ2v) is 7.58. The van der Waals surface area contributed by atoms with Gasteiger partial charge >= 0.3 is 0 Å². The van der Waals surface area contributed by atoms with Crippen molar-refractivity contribution < 1.29 is 14.3 Å². The Bertz CT molecular complexity index is 734. The lowest BCUT2D eigenvalue weighted by Gasteiger charge is -2.50. The molecule has 1 aromatic rings. The summed E-state index contributed by atoms with van der Waals surface area (Å²) < 4.78 is 5.10. The zero-order valence-electron chi connectivity index (χ0n) is 14.8. The van der Waals surface area contributed by atoms with E-state index in [9.17, 15) is 9.59 Å². The molecule has 0 aromatic heterocycles. The number of rotatable bonds is 3. The topological polar surface area (TPSA) is 73.9 Å². The monoisotopic (exact) mass is 362 g/mol. The molecule has 2 aliphatic heterocycles. The van der Waals surface area contributed by atoms with Crippen molar-refractivity contribution in [1.82, 2.24) is 20.7 Å². The van der Waals surface area contributed by atoms with E-state index in [2.05, 4.69) is 10.7 Å². The molecule has 2 N–H and O–H groups in total. The smallest absolute Gasteiger partial charge is 0.269 e. The number of hydrazine groups is 1. The average Bonchev–Trinajstić information content (AvgIpc) is 2.78. The minimum Gasteiger partial charge on any atom is -0.497 e. The van der Waals surface area contributed by atoms with Crippen LogP contribution in [0, 0.1) is 0 Å². The molecule has 1 atom stereocenters. The summed E-state index contributed by atoms with van der Waals surface area (Å²) >= 11 is 5.41. The first-order valence-corrected chi connectivity index (χ1v) is 8.45. The Morgan fingerprint density at radius 3 is 2.52 bits per heavy atom. The molecule has 7 nitrogen and oxygen atoms in total. The number of thiocarbonyl (C=S) groups is 1. The van der Waals surface area contributed by atoms with E-state index in [0.29, 0.717) is 22.8 Å². The highest BCUT2D eigenvalue weighted by atomic mass is 32.1. The van der Waals surface area contributed by atoms with Crippen LogP contribution in [0.5, 0.6) is 5.75 Å². The van der Waals surface area contributed by atoms with Crippen molar-refractivity contribution in [1.29, 1.82) is 0 Å². The summed E-state index contributed by atoms with van der Waals surface area (Å²) in [6.45, 7) is 6.10. The number of ether oxygens (including phenoxy) is 1. The van der Waals surface area contributed by atoms with Crippen LogP contribution in [-0.4, -0.2) is 51.7 Å². The highest BCUT2D eigenvalue weighted by Gasteiger charge is 2.55. The van der Waals surface area contributed by atoms with E-state index in [1.165, 1.54) is 5.01 Å². The molecule has 2 fully saturated rings. The lowest BCUT2D eigenvalue weighted by Crippen LogP contribution is -2.69. The predicted octanol–water partition coefficient (Wildman–Crippen LogP) is 1.26. The Hall–Kier alpha value is -2.35. The van der Waals surface area contributed by atoms with Gasteiger partial charge in [-0.1, -0.05) is 0 Å². The van der Waals surface area contributed by atoms with Crippen molar-refractivity contribution in [3.05, 3.63) is 29.8 Å². The van der Waals surface area contributed by atoms with Crippen molar-refractivity contribution >= 4 is 29.1 Å². The summed E-state index contributed by atoms with van der Waals surface area (Å²) in [5.74, 6) is 0.130. The maximum absolute atomic E-state index is 12.6. The molecule has 2 aliphatic rings. The van der Waals surface area contributed by atoms with Crippen LogP contribution in [0.25, 0.3) is 0 Å². The number of benzene rings is 1.